The number of ether oxygens (including phenoxy) is 3. The lowest BCUT2D eigenvalue weighted by Crippen LogP contribution is -2.31. The first-order valence-electron chi connectivity index (χ1n) is 6.83. The summed E-state index contributed by atoms with van der Waals surface area (Å²) in [6.07, 6.45) is 4.37. The summed E-state index contributed by atoms with van der Waals surface area (Å²) >= 11 is 0. The Balaban J connectivity index is 4.94. The minimum absolute atomic E-state index is 0.00570. The van der Waals surface area contributed by atoms with E-state index < -0.39 is 18.2 Å². The van der Waals surface area contributed by atoms with E-state index >= 15 is 0 Å². The number of carbonyl (C=O) groups is 1. The van der Waals surface area contributed by atoms with Gasteiger partial charge in [-0.1, -0.05) is 17.7 Å². The molecule has 5 heteroatoms. The van der Waals surface area contributed by atoms with Crippen LogP contribution in [-0.4, -0.2) is 43.8 Å². The van der Waals surface area contributed by atoms with Crippen molar-refractivity contribution in [1.29, 1.82) is 0 Å². The molecule has 0 heterocycles. The number of carbonyl (C=O) groups excluding carboxylic acids is 1. The third-order valence-electron chi connectivity index (χ3n) is 2.58. The molecule has 0 fully saturated rings. The summed E-state index contributed by atoms with van der Waals surface area (Å²) in [4.78, 5) is 12.0. The Bertz CT molecular complexity index is 380. The fraction of sp³-hybridized carbons (Fsp3) is 0.562. The Labute approximate surface area is 126 Å². The molecule has 0 bridgehead atoms. The monoisotopic (exact) mass is 298 g/mol. The van der Waals surface area contributed by atoms with Gasteiger partial charge in [-0.05, 0) is 33.3 Å². The Morgan fingerprint density at radius 2 is 1.95 bits per heavy atom. The topological polar surface area (TPSA) is 65.0 Å². The summed E-state index contributed by atoms with van der Waals surface area (Å²) in [6, 6.07) is 0. The van der Waals surface area contributed by atoms with Crippen molar-refractivity contribution >= 4 is 5.97 Å². The smallest absolute Gasteiger partial charge is 0.334 e. The predicted octanol–water partition coefficient (Wildman–Crippen LogP) is 2.37. The molecule has 0 rings (SSSR count). The Hall–Kier alpha value is -1.43. The van der Waals surface area contributed by atoms with Gasteiger partial charge >= 0.3 is 5.97 Å². The van der Waals surface area contributed by atoms with Gasteiger partial charge in [0.25, 0.3) is 0 Å². The van der Waals surface area contributed by atoms with Crippen LogP contribution >= 0.6 is 0 Å². The maximum absolute atomic E-state index is 12.0. The summed E-state index contributed by atoms with van der Waals surface area (Å²) in [5.74, 6) is -0.446. The summed E-state index contributed by atoms with van der Waals surface area (Å²) in [6.45, 7) is 9.24. The van der Waals surface area contributed by atoms with Crippen LogP contribution in [0.3, 0.4) is 0 Å². The van der Waals surface area contributed by atoms with E-state index in [1.54, 1.807) is 25.2 Å². The van der Waals surface area contributed by atoms with Crippen LogP contribution in [0.25, 0.3) is 0 Å². The fourth-order valence-electron chi connectivity index (χ4n) is 1.55. The van der Waals surface area contributed by atoms with E-state index in [2.05, 4.69) is 6.58 Å². The number of methoxy groups -OCH3 is 1. The van der Waals surface area contributed by atoms with E-state index in [1.807, 2.05) is 13.8 Å². The normalized spacial score (nSPS) is 14.2. The molecular formula is C16H26O5. The molecule has 0 aromatic heterocycles. The second kappa shape index (κ2) is 11.3. The van der Waals surface area contributed by atoms with Gasteiger partial charge in [-0.2, -0.15) is 0 Å². The molecule has 0 aromatic carbocycles. The van der Waals surface area contributed by atoms with E-state index in [-0.39, 0.29) is 13.4 Å². The molecule has 5 nitrogen and oxygen atoms in total. The van der Waals surface area contributed by atoms with Crippen molar-refractivity contribution < 1.29 is 24.1 Å². The minimum Gasteiger partial charge on any atom is -0.452 e. The van der Waals surface area contributed by atoms with Crippen molar-refractivity contribution in [2.24, 2.45) is 0 Å². The highest BCUT2D eigenvalue weighted by Gasteiger charge is 2.22. The standard InChI is InChI=1S/C16H26O5/c1-6-14(20-11-19-5)15(10-12(2)3)21-16(18)13(4)8-7-9-17/h6,8,10,14-15,17H,1,7,9,11H2,2-5H3/b13-8+/t14-,15-/m0/s1. The van der Waals surface area contributed by atoms with Crippen LogP contribution in [0.15, 0.2) is 36.0 Å². The average Bonchev–Trinajstić information content (AvgIpc) is 2.44. The van der Waals surface area contributed by atoms with Gasteiger partial charge in [0.1, 0.15) is 12.9 Å². The van der Waals surface area contributed by atoms with Gasteiger partial charge in [0.05, 0.1) is 0 Å². The maximum atomic E-state index is 12.0. The van der Waals surface area contributed by atoms with Crippen molar-refractivity contribution in [2.75, 3.05) is 20.5 Å². The molecule has 1 N–H and O–H groups in total. The Morgan fingerprint density at radius 3 is 2.43 bits per heavy atom. The highest BCUT2D eigenvalue weighted by atomic mass is 16.7. The lowest BCUT2D eigenvalue weighted by atomic mass is 10.1. The van der Waals surface area contributed by atoms with Crippen molar-refractivity contribution in [1.82, 2.24) is 0 Å². The number of esters is 1. The average molecular weight is 298 g/mol. The Morgan fingerprint density at radius 1 is 1.29 bits per heavy atom. The first kappa shape index (κ1) is 19.6. The number of rotatable bonds is 10. The number of hydrogen-bond acceptors (Lipinski definition) is 5. The van der Waals surface area contributed by atoms with E-state index in [0.717, 1.165) is 5.57 Å². The number of aliphatic hydroxyl groups is 1. The Kier molecular flexibility index (Phi) is 10.5. The van der Waals surface area contributed by atoms with Gasteiger partial charge in [-0.25, -0.2) is 4.79 Å². The van der Waals surface area contributed by atoms with E-state index in [0.29, 0.717) is 12.0 Å². The van der Waals surface area contributed by atoms with Crippen molar-refractivity contribution in [3.8, 4) is 0 Å². The third kappa shape index (κ3) is 8.45. The van der Waals surface area contributed by atoms with Crippen LogP contribution < -0.4 is 0 Å². The molecule has 0 aliphatic rings. The van der Waals surface area contributed by atoms with Gasteiger partial charge < -0.3 is 19.3 Å². The van der Waals surface area contributed by atoms with Gasteiger partial charge in [0.2, 0.25) is 0 Å². The predicted molar refractivity (Wildman–Crippen MR) is 81.7 cm³/mol. The van der Waals surface area contributed by atoms with Crippen LogP contribution in [0.5, 0.6) is 0 Å². The third-order valence-corrected chi connectivity index (χ3v) is 2.58. The van der Waals surface area contributed by atoms with E-state index in [4.69, 9.17) is 19.3 Å². The second-order valence-corrected chi connectivity index (χ2v) is 4.79. The summed E-state index contributed by atoms with van der Waals surface area (Å²) in [5, 5.41) is 8.77. The number of allylic oxidation sites excluding steroid dienone is 1. The second-order valence-electron chi connectivity index (χ2n) is 4.79. The molecule has 0 aromatic rings. The highest BCUT2D eigenvalue weighted by molar-refractivity contribution is 5.87. The molecule has 0 radical (unpaired) electrons. The van der Waals surface area contributed by atoms with Crippen LogP contribution in [0.1, 0.15) is 27.2 Å². The lowest BCUT2D eigenvalue weighted by Gasteiger charge is -2.23. The molecule has 0 amide bonds. The van der Waals surface area contributed by atoms with E-state index in [1.165, 1.54) is 7.11 Å². The zero-order chi connectivity index (χ0) is 16.3. The maximum Gasteiger partial charge on any atom is 0.334 e. The van der Waals surface area contributed by atoms with Crippen LogP contribution in [0.4, 0.5) is 0 Å². The SMILES string of the molecule is C=C[C@H](OCOC)[C@H](C=C(C)C)OC(=O)/C(C)=C/CCO. The largest absolute Gasteiger partial charge is 0.452 e. The molecule has 0 aliphatic carbocycles. The summed E-state index contributed by atoms with van der Waals surface area (Å²) in [7, 11) is 1.52. The van der Waals surface area contributed by atoms with Gasteiger partial charge in [0.15, 0.2) is 6.10 Å². The highest BCUT2D eigenvalue weighted by Crippen LogP contribution is 2.13. The van der Waals surface area contributed by atoms with Gasteiger partial charge in [-0.15, -0.1) is 6.58 Å². The van der Waals surface area contributed by atoms with Crippen LogP contribution in [0.2, 0.25) is 0 Å². The van der Waals surface area contributed by atoms with Crippen molar-refractivity contribution in [3.63, 3.8) is 0 Å². The van der Waals surface area contributed by atoms with E-state index in [9.17, 15) is 4.79 Å². The minimum atomic E-state index is -0.576. The first-order valence-corrected chi connectivity index (χ1v) is 6.83. The van der Waals surface area contributed by atoms with Crippen LogP contribution in [0, 0.1) is 0 Å². The molecule has 2 atom stereocenters. The molecule has 21 heavy (non-hydrogen) atoms. The molecule has 0 spiro atoms. The first-order chi connectivity index (χ1) is 9.96. The molecule has 0 aliphatic heterocycles. The molecule has 0 unspecified atom stereocenters. The summed E-state index contributed by atoms with van der Waals surface area (Å²) in [5.41, 5.74) is 1.45. The lowest BCUT2D eigenvalue weighted by molar-refractivity contribution is -0.151. The summed E-state index contributed by atoms with van der Waals surface area (Å²) < 4.78 is 15.8. The van der Waals surface area contributed by atoms with Gasteiger partial charge in [0, 0.05) is 19.3 Å². The van der Waals surface area contributed by atoms with Crippen LogP contribution in [-0.2, 0) is 19.0 Å². The van der Waals surface area contributed by atoms with Gasteiger partial charge in [-0.3, -0.25) is 0 Å². The van der Waals surface area contributed by atoms with Crippen molar-refractivity contribution in [2.45, 2.75) is 39.4 Å². The fourth-order valence-corrected chi connectivity index (χ4v) is 1.55. The molecule has 0 saturated heterocycles. The zero-order valence-electron chi connectivity index (χ0n) is 13.3. The number of aliphatic hydroxyl groups excluding tert-OH is 1. The van der Waals surface area contributed by atoms with Crippen molar-refractivity contribution in [3.05, 3.63) is 36.0 Å². The molecular weight excluding hydrogens is 272 g/mol. The zero-order valence-corrected chi connectivity index (χ0v) is 13.3. The number of hydrogen-bond donors (Lipinski definition) is 1. The molecule has 120 valence electrons. The molecule has 0 saturated carbocycles. The quantitative estimate of drug-likeness (QED) is 0.290.